The average molecular weight is 350 g/mol. The van der Waals surface area contributed by atoms with Gasteiger partial charge in [-0.05, 0) is 35.8 Å². The van der Waals surface area contributed by atoms with E-state index < -0.39 is 18.0 Å². The van der Waals surface area contributed by atoms with Crippen molar-refractivity contribution < 1.29 is 29.0 Å². The van der Waals surface area contributed by atoms with Gasteiger partial charge in [0.15, 0.2) is 5.78 Å². The summed E-state index contributed by atoms with van der Waals surface area (Å²) in [4.78, 5) is 34.5. The largest absolute Gasteiger partial charge is 0.461 e. The first-order valence-corrected chi connectivity index (χ1v) is 8.61. The molecule has 0 heterocycles. The van der Waals surface area contributed by atoms with Crippen molar-refractivity contribution in [2.75, 3.05) is 13.2 Å². The van der Waals surface area contributed by atoms with E-state index in [9.17, 15) is 19.5 Å². The summed E-state index contributed by atoms with van der Waals surface area (Å²) in [5.74, 6) is -1.04. The van der Waals surface area contributed by atoms with Crippen molar-refractivity contribution in [1.29, 1.82) is 0 Å². The van der Waals surface area contributed by atoms with Gasteiger partial charge in [-0.25, -0.2) is 0 Å². The number of ketones is 1. The molecule has 6 nitrogen and oxygen atoms in total. The van der Waals surface area contributed by atoms with Gasteiger partial charge in [0.25, 0.3) is 0 Å². The highest BCUT2D eigenvalue weighted by Crippen LogP contribution is 2.45. The number of esters is 2. The van der Waals surface area contributed by atoms with Crippen LogP contribution in [0.25, 0.3) is 0 Å². The molecule has 1 saturated carbocycles. The van der Waals surface area contributed by atoms with E-state index in [0.29, 0.717) is 29.6 Å². The lowest BCUT2D eigenvalue weighted by molar-refractivity contribution is -0.141. The maximum Gasteiger partial charge on any atom is 0.302 e. The molecule has 0 bridgehead atoms. The number of carbonyl (C=O) groups excluding carboxylic acids is 3. The Kier molecular flexibility index (Phi) is 6.16. The smallest absolute Gasteiger partial charge is 0.302 e. The minimum atomic E-state index is -0.880. The number of rotatable bonds is 5. The maximum atomic E-state index is 12.4. The molecular weight excluding hydrogens is 324 g/mol. The molecule has 4 atom stereocenters. The molecule has 1 fully saturated rings. The third kappa shape index (κ3) is 4.37. The van der Waals surface area contributed by atoms with Crippen LogP contribution in [0.3, 0.4) is 0 Å². The van der Waals surface area contributed by atoms with Crippen LogP contribution in [0.5, 0.6) is 0 Å². The molecule has 2 rings (SSSR count). The third-order valence-electron chi connectivity index (χ3n) is 5.21. The van der Waals surface area contributed by atoms with Crippen molar-refractivity contribution in [2.45, 2.75) is 46.1 Å². The van der Waals surface area contributed by atoms with Crippen molar-refractivity contribution in [3.63, 3.8) is 0 Å². The van der Waals surface area contributed by atoms with Gasteiger partial charge in [-0.1, -0.05) is 13.5 Å². The van der Waals surface area contributed by atoms with Gasteiger partial charge in [-0.15, -0.1) is 0 Å². The molecular formula is C19H26O6. The Morgan fingerprint density at radius 2 is 1.84 bits per heavy atom. The van der Waals surface area contributed by atoms with Gasteiger partial charge >= 0.3 is 11.9 Å². The fraction of sp³-hybridized carbons (Fsp3) is 0.632. The van der Waals surface area contributed by atoms with Gasteiger partial charge in [-0.2, -0.15) is 0 Å². The second kappa shape index (κ2) is 7.95. The Morgan fingerprint density at radius 1 is 1.20 bits per heavy atom. The van der Waals surface area contributed by atoms with Crippen LogP contribution >= 0.6 is 0 Å². The molecule has 0 aromatic carbocycles. The molecule has 6 heteroatoms. The minimum absolute atomic E-state index is 0.0421. The predicted molar refractivity (Wildman–Crippen MR) is 90.4 cm³/mol. The molecule has 0 unspecified atom stereocenters. The van der Waals surface area contributed by atoms with Gasteiger partial charge in [0, 0.05) is 31.8 Å². The first-order valence-electron chi connectivity index (χ1n) is 8.61. The van der Waals surface area contributed by atoms with Gasteiger partial charge in [-0.3, -0.25) is 14.4 Å². The summed E-state index contributed by atoms with van der Waals surface area (Å²) in [5, 5.41) is 11.0. The Balaban J connectivity index is 2.30. The Labute approximate surface area is 147 Å². The van der Waals surface area contributed by atoms with Crippen molar-refractivity contribution >= 4 is 17.7 Å². The van der Waals surface area contributed by atoms with Gasteiger partial charge in [0.05, 0.1) is 6.10 Å². The zero-order valence-electron chi connectivity index (χ0n) is 15.0. The van der Waals surface area contributed by atoms with E-state index in [1.165, 1.54) is 13.8 Å². The normalized spacial score (nSPS) is 29.0. The topological polar surface area (TPSA) is 89.9 Å². The van der Waals surface area contributed by atoms with E-state index in [4.69, 9.17) is 9.47 Å². The zero-order valence-corrected chi connectivity index (χ0v) is 15.0. The number of carbonyl (C=O) groups is 3. The van der Waals surface area contributed by atoms with E-state index in [1.54, 1.807) is 0 Å². The van der Waals surface area contributed by atoms with E-state index in [1.807, 2.05) is 0 Å². The van der Waals surface area contributed by atoms with Crippen LogP contribution in [0.15, 0.2) is 23.3 Å². The SMILES string of the molecule is C=C(COC(C)=O)[C@@H]1CC[C@@H](C)[C@H]2CC(=O)C(COC(C)=O)=C2[C@@H]1O. The van der Waals surface area contributed by atoms with Gasteiger partial charge in [0.2, 0.25) is 0 Å². The first-order chi connectivity index (χ1) is 11.7. The standard InChI is InChI=1S/C19H26O6/c1-10-5-6-14(11(2)8-24-12(3)20)19(23)18-15(10)7-17(22)16(18)9-25-13(4)21/h10,14-15,19,23H,2,5-9H2,1,3-4H3/t10-,14+,15-,19-/m1/s1. The summed E-state index contributed by atoms with van der Waals surface area (Å²) >= 11 is 0. The molecule has 0 aliphatic heterocycles. The maximum absolute atomic E-state index is 12.4. The average Bonchev–Trinajstić information content (AvgIpc) is 2.81. The van der Waals surface area contributed by atoms with Crippen LogP contribution in [-0.2, 0) is 23.9 Å². The molecule has 2 aliphatic carbocycles. The summed E-state index contributed by atoms with van der Waals surface area (Å²) in [7, 11) is 0. The molecule has 2 aliphatic rings. The monoisotopic (exact) mass is 350 g/mol. The summed E-state index contributed by atoms with van der Waals surface area (Å²) in [6.45, 7) is 8.60. The fourth-order valence-electron chi connectivity index (χ4n) is 3.81. The molecule has 0 aromatic heterocycles. The van der Waals surface area contributed by atoms with Crippen molar-refractivity contribution in [3.05, 3.63) is 23.3 Å². The summed E-state index contributed by atoms with van der Waals surface area (Å²) < 4.78 is 10.0. The first kappa shape index (κ1) is 19.4. The molecule has 0 amide bonds. The van der Waals surface area contributed by atoms with E-state index in [2.05, 4.69) is 13.5 Å². The number of ether oxygens (including phenoxy) is 2. The molecule has 1 N–H and O–H groups in total. The Hall–Kier alpha value is -1.95. The van der Waals surface area contributed by atoms with Crippen LogP contribution < -0.4 is 0 Å². The van der Waals surface area contributed by atoms with Crippen LogP contribution in [0.2, 0.25) is 0 Å². The van der Waals surface area contributed by atoms with Crippen molar-refractivity contribution in [2.24, 2.45) is 17.8 Å². The number of hydrogen-bond acceptors (Lipinski definition) is 6. The number of aliphatic hydroxyl groups is 1. The molecule has 138 valence electrons. The fourth-order valence-corrected chi connectivity index (χ4v) is 3.81. The van der Waals surface area contributed by atoms with Crippen molar-refractivity contribution in [3.8, 4) is 0 Å². The lowest BCUT2D eigenvalue weighted by atomic mass is 9.84. The van der Waals surface area contributed by atoms with Crippen LogP contribution in [-0.4, -0.2) is 42.1 Å². The summed E-state index contributed by atoms with van der Waals surface area (Å²) in [6.07, 6.45) is 1.00. The van der Waals surface area contributed by atoms with Crippen LogP contribution in [0, 0.1) is 17.8 Å². The van der Waals surface area contributed by atoms with E-state index >= 15 is 0 Å². The number of fused-ring (bicyclic) bond motifs is 1. The Morgan fingerprint density at radius 3 is 2.44 bits per heavy atom. The molecule has 0 aromatic rings. The number of hydrogen-bond donors (Lipinski definition) is 1. The highest BCUT2D eigenvalue weighted by Gasteiger charge is 2.43. The van der Waals surface area contributed by atoms with E-state index in [0.717, 1.165) is 6.42 Å². The minimum Gasteiger partial charge on any atom is -0.461 e. The summed E-state index contributed by atoms with van der Waals surface area (Å²) in [5.41, 5.74) is 1.71. The van der Waals surface area contributed by atoms with E-state index in [-0.39, 0.29) is 36.8 Å². The molecule has 0 radical (unpaired) electrons. The molecule has 0 spiro atoms. The molecule has 25 heavy (non-hydrogen) atoms. The predicted octanol–water partition coefficient (Wildman–Crippen LogP) is 1.96. The van der Waals surface area contributed by atoms with Gasteiger partial charge in [0.1, 0.15) is 13.2 Å². The third-order valence-corrected chi connectivity index (χ3v) is 5.21. The highest BCUT2D eigenvalue weighted by molar-refractivity contribution is 6.00. The quantitative estimate of drug-likeness (QED) is 0.602. The lowest BCUT2D eigenvalue weighted by Gasteiger charge is -2.26. The van der Waals surface area contributed by atoms with Crippen molar-refractivity contribution in [1.82, 2.24) is 0 Å². The van der Waals surface area contributed by atoms with Crippen LogP contribution in [0.1, 0.15) is 40.0 Å². The van der Waals surface area contributed by atoms with Crippen LogP contribution in [0.4, 0.5) is 0 Å². The zero-order chi connectivity index (χ0) is 18.7. The second-order valence-electron chi connectivity index (χ2n) is 6.99. The number of Topliss-reactive ketones (excluding diaryl/α,β-unsaturated/α-hetero) is 1. The molecule has 0 saturated heterocycles. The number of aliphatic hydroxyl groups excluding tert-OH is 1. The summed E-state index contributed by atoms with van der Waals surface area (Å²) in [6, 6.07) is 0. The van der Waals surface area contributed by atoms with Gasteiger partial charge < -0.3 is 14.6 Å². The second-order valence-corrected chi connectivity index (χ2v) is 6.99. The Bertz CT molecular complexity index is 617. The lowest BCUT2D eigenvalue weighted by Crippen LogP contribution is -2.28. The highest BCUT2D eigenvalue weighted by atomic mass is 16.5.